The van der Waals surface area contributed by atoms with E-state index in [1.54, 1.807) is 18.0 Å². The number of hydrogen-bond acceptors (Lipinski definition) is 3. The van der Waals surface area contributed by atoms with Crippen LogP contribution in [0.5, 0.6) is 5.75 Å². The molecule has 2 aromatic rings. The highest BCUT2D eigenvalue weighted by molar-refractivity contribution is 5.98. The van der Waals surface area contributed by atoms with Gasteiger partial charge in [-0.3, -0.25) is 9.48 Å². The zero-order chi connectivity index (χ0) is 14.5. The minimum atomic E-state index is 0.0402. The average Bonchev–Trinajstić information content (AvgIpc) is 2.82. The van der Waals surface area contributed by atoms with Gasteiger partial charge < -0.3 is 4.74 Å². The molecule has 0 spiro atoms. The Kier molecular flexibility index (Phi) is 4.56. The molecule has 0 aliphatic rings. The number of rotatable bonds is 6. The number of carbonyl (C=O) groups excluding carboxylic acids is 1. The molecule has 0 fully saturated rings. The lowest BCUT2D eigenvalue weighted by molar-refractivity contribution is 0.0979. The maximum absolute atomic E-state index is 12.5. The van der Waals surface area contributed by atoms with Crippen LogP contribution in [-0.2, 0) is 13.0 Å². The molecule has 1 aromatic heterocycles. The normalized spacial score (nSPS) is 10.6. The summed E-state index contributed by atoms with van der Waals surface area (Å²) in [6, 6.07) is 8.00. The molecule has 2 rings (SSSR count). The van der Waals surface area contributed by atoms with Gasteiger partial charge in [0.2, 0.25) is 0 Å². The van der Waals surface area contributed by atoms with E-state index in [9.17, 15) is 4.79 Å². The van der Waals surface area contributed by atoms with Crippen LogP contribution in [0, 0.1) is 6.92 Å². The largest absolute Gasteiger partial charge is 0.493 e. The molecule has 0 saturated heterocycles. The maximum atomic E-state index is 12.5. The molecule has 106 valence electrons. The van der Waals surface area contributed by atoms with Crippen LogP contribution in [-0.4, -0.2) is 22.7 Å². The first-order valence-corrected chi connectivity index (χ1v) is 6.84. The Balaban J connectivity index is 2.26. The van der Waals surface area contributed by atoms with E-state index in [-0.39, 0.29) is 5.78 Å². The Hall–Kier alpha value is -2.10. The number of ether oxygens (including phenoxy) is 1. The highest BCUT2D eigenvalue weighted by Gasteiger charge is 2.19. The number of ketones is 1. The van der Waals surface area contributed by atoms with Crippen molar-refractivity contribution in [3.63, 3.8) is 0 Å². The van der Waals surface area contributed by atoms with Crippen LogP contribution >= 0.6 is 0 Å². The van der Waals surface area contributed by atoms with E-state index in [1.807, 2.05) is 31.2 Å². The van der Waals surface area contributed by atoms with E-state index in [2.05, 4.69) is 12.0 Å². The van der Waals surface area contributed by atoms with Gasteiger partial charge in [0.1, 0.15) is 5.69 Å². The van der Waals surface area contributed by atoms with Crippen molar-refractivity contribution < 1.29 is 9.53 Å². The topological polar surface area (TPSA) is 44.1 Å². The zero-order valence-corrected chi connectivity index (χ0v) is 12.2. The van der Waals surface area contributed by atoms with Crippen LogP contribution in [0.15, 0.2) is 30.5 Å². The fourth-order valence-corrected chi connectivity index (χ4v) is 2.27. The van der Waals surface area contributed by atoms with E-state index < -0.39 is 0 Å². The summed E-state index contributed by atoms with van der Waals surface area (Å²) in [6.07, 6.45) is 2.90. The second-order valence-corrected chi connectivity index (χ2v) is 4.87. The van der Waals surface area contributed by atoms with Crippen molar-refractivity contribution in [1.82, 2.24) is 9.78 Å². The number of benzene rings is 1. The molecule has 20 heavy (non-hydrogen) atoms. The molecule has 4 nitrogen and oxygen atoms in total. The third kappa shape index (κ3) is 3.07. The van der Waals surface area contributed by atoms with Gasteiger partial charge in [0, 0.05) is 13.0 Å². The Bertz CT molecular complexity index is 602. The van der Waals surface area contributed by atoms with E-state index in [0.29, 0.717) is 17.9 Å². The summed E-state index contributed by atoms with van der Waals surface area (Å²) in [5, 5.41) is 4.23. The second kappa shape index (κ2) is 6.37. The van der Waals surface area contributed by atoms with Gasteiger partial charge in [0.25, 0.3) is 0 Å². The first-order valence-electron chi connectivity index (χ1n) is 6.84. The monoisotopic (exact) mass is 272 g/mol. The fourth-order valence-electron chi connectivity index (χ4n) is 2.27. The molecule has 0 bridgehead atoms. The first-order chi connectivity index (χ1) is 9.65. The summed E-state index contributed by atoms with van der Waals surface area (Å²) >= 11 is 0. The van der Waals surface area contributed by atoms with E-state index >= 15 is 0 Å². The van der Waals surface area contributed by atoms with Gasteiger partial charge in [-0.2, -0.15) is 5.10 Å². The maximum Gasteiger partial charge on any atom is 0.189 e. The van der Waals surface area contributed by atoms with Gasteiger partial charge in [-0.25, -0.2) is 0 Å². The summed E-state index contributed by atoms with van der Waals surface area (Å²) in [4.78, 5) is 12.5. The molecule has 0 N–H and O–H groups in total. The van der Waals surface area contributed by atoms with Gasteiger partial charge in [-0.05, 0) is 18.9 Å². The van der Waals surface area contributed by atoms with Gasteiger partial charge in [0.15, 0.2) is 11.5 Å². The molecule has 0 radical (unpaired) electrons. The predicted octanol–water partition coefficient (Wildman–Crippen LogP) is 3.04. The van der Waals surface area contributed by atoms with Gasteiger partial charge in [-0.15, -0.1) is 0 Å². The quantitative estimate of drug-likeness (QED) is 0.759. The van der Waals surface area contributed by atoms with E-state index in [1.165, 1.54) is 0 Å². The molecular formula is C16H20N2O2. The Labute approximate surface area is 119 Å². The number of aryl methyl sites for hydroxylation is 2. The van der Waals surface area contributed by atoms with E-state index in [4.69, 9.17) is 4.74 Å². The summed E-state index contributed by atoms with van der Waals surface area (Å²) in [5.74, 6) is 0.592. The average molecular weight is 272 g/mol. The number of methoxy groups -OCH3 is 1. The molecule has 0 aliphatic carbocycles. The summed E-state index contributed by atoms with van der Waals surface area (Å²) < 4.78 is 6.98. The second-order valence-electron chi connectivity index (χ2n) is 4.87. The summed E-state index contributed by atoms with van der Waals surface area (Å²) in [6.45, 7) is 4.80. The van der Waals surface area contributed by atoms with Gasteiger partial charge >= 0.3 is 0 Å². The van der Waals surface area contributed by atoms with Crippen molar-refractivity contribution in [2.24, 2.45) is 0 Å². The van der Waals surface area contributed by atoms with Crippen LogP contribution in [0.2, 0.25) is 0 Å². The molecule has 0 atom stereocenters. The molecular weight excluding hydrogens is 252 g/mol. The van der Waals surface area contributed by atoms with Crippen molar-refractivity contribution in [1.29, 1.82) is 0 Å². The highest BCUT2D eigenvalue weighted by Crippen LogP contribution is 2.20. The molecule has 0 amide bonds. The van der Waals surface area contributed by atoms with Gasteiger partial charge in [-0.1, -0.05) is 36.8 Å². The lowest BCUT2D eigenvalue weighted by Gasteiger charge is -2.08. The lowest BCUT2D eigenvalue weighted by atomic mass is 10.0. The minimum absolute atomic E-state index is 0.0402. The fraction of sp³-hybridized carbons (Fsp3) is 0.375. The molecule has 0 unspecified atom stereocenters. The third-order valence-electron chi connectivity index (χ3n) is 3.17. The Morgan fingerprint density at radius 3 is 2.85 bits per heavy atom. The van der Waals surface area contributed by atoms with Crippen LogP contribution < -0.4 is 4.74 Å². The summed E-state index contributed by atoms with van der Waals surface area (Å²) in [5.41, 5.74) is 2.74. The SMILES string of the molecule is CCCn1ncc(OC)c1C(=O)Cc1cccc(C)c1. The molecule has 0 saturated carbocycles. The van der Waals surface area contributed by atoms with Crippen molar-refractivity contribution in [2.45, 2.75) is 33.2 Å². The zero-order valence-electron chi connectivity index (χ0n) is 12.2. The van der Waals surface area contributed by atoms with Gasteiger partial charge in [0.05, 0.1) is 13.3 Å². The van der Waals surface area contributed by atoms with Crippen LogP contribution in [0.4, 0.5) is 0 Å². The highest BCUT2D eigenvalue weighted by atomic mass is 16.5. The van der Waals surface area contributed by atoms with Crippen LogP contribution in [0.25, 0.3) is 0 Å². The molecule has 1 aromatic carbocycles. The van der Waals surface area contributed by atoms with Crippen molar-refractivity contribution in [2.75, 3.05) is 7.11 Å². The van der Waals surface area contributed by atoms with Crippen molar-refractivity contribution in [3.8, 4) is 5.75 Å². The first kappa shape index (κ1) is 14.3. The number of nitrogens with zero attached hydrogens (tertiary/aromatic N) is 2. The molecule has 0 aliphatic heterocycles. The van der Waals surface area contributed by atoms with Crippen molar-refractivity contribution in [3.05, 3.63) is 47.3 Å². The lowest BCUT2D eigenvalue weighted by Crippen LogP contribution is -2.13. The number of Topliss-reactive ketones (excluding diaryl/α,β-unsaturated/α-hetero) is 1. The van der Waals surface area contributed by atoms with Crippen LogP contribution in [0.3, 0.4) is 0 Å². The molecule has 4 heteroatoms. The Morgan fingerprint density at radius 2 is 2.20 bits per heavy atom. The summed E-state index contributed by atoms with van der Waals surface area (Å²) in [7, 11) is 1.57. The Morgan fingerprint density at radius 1 is 1.40 bits per heavy atom. The molecule has 1 heterocycles. The standard InChI is InChI=1S/C16H20N2O2/c1-4-8-18-16(15(20-3)11-17-18)14(19)10-13-7-5-6-12(2)9-13/h5-7,9,11H,4,8,10H2,1-3H3. The number of hydrogen-bond donors (Lipinski definition) is 0. The van der Waals surface area contributed by atoms with Crippen LogP contribution in [0.1, 0.15) is 35.0 Å². The third-order valence-corrected chi connectivity index (χ3v) is 3.17. The minimum Gasteiger partial charge on any atom is -0.493 e. The van der Waals surface area contributed by atoms with E-state index in [0.717, 1.165) is 24.1 Å². The van der Waals surface area contributed by atoms with Crippen molar-refractivity contribution >= 4 is 5.78 Å². The number of aromatic nitrogens is 2. The predicted molar refractivity (Wildman–Crippen MR) is 78.3 cm³/mol. The number of carbonyl (C=O) groups is 1. The smallest absolute Gasteiger partial charge is 0.189 e.